The molecule has 0 saturated heterocycles. The summed E-state index contributed by atoms with van der Waals surface area (Å²) >= 11 is 0. The summed E-state index contributed by atoms with van der Waals surface area (Å²) in [6.07, 6.45) is 1.70. The van der Waals surface area contributed by atoms with E-state index in [1.165, 1.54) is 12.1 Å². The number of halogens is 1. The third-order valence-electron chi connectivity index (χ3n) is 3.04. The number of carboxylic acids is 1. The van der Waals surface area contributed by atoms with E-state index in [2.05, 4.69) is 0 Å². The normalized spacial score (nSPS) is 16.7. The van der Waals surface area contributed by atoms with Gasteiger partial charge in [0.15, 0.2) is 11.6 Å². The van der Waals surface area contributed by atoms with Gasteiger partial charge in [-0.2, -0.15) is 0 Å². The number of ether oxygens (including phenoxy) is 1. The van der Waals surface area contributed by atoms with E-state index in [1.54, 1.807) is 6.07 Å². The molecule has 1 aromatic rings. The number of carbonyl (C=O) groups is 1. The van der Waals surface area contributed by atoms with Crippen LogP contribution in [0.5, 0.6) is 5.75 Å². The van der Waals surface area contributed by atoms with E-state index < -0.39 is 17.7 Å². The zero-order valence-corrected chi connectivity index (χ0v) is 10.5. The average Bonchev–Trinajstić information content (AvgIpc) is 3.05. The van der Waals surface area contributed by atoms with Crippen LogP contribution in [0.4, 0.5) is 4.39 Å². The first-order valence-electron chi connectivity index (χ1n) is 6.18. The Labute approximate surface area is 106 Å². The number of hydrogen-bond acceptors (Lipinski definition) is 2. The van der Waals surface area contributed by atoms with Crippen molar-refractivity contribution >= 4 is 5.97 Å². The Balaban J connectivity index is 2.24. The summed E-state index contributed by atoms with van der Waals surface area (Å²) in [4.78, 5) is 11.2. The Hall–Kier alpha value is -1.58. The molecule has 1 aliphatic carbocycles. The molecule has 1 unspecified atom stereocenters. The van der Waals surface area contributed by atoms with E-state index in [9.17, 15) is 14.3 Å². The van der Waals surface area contributed by atoms with Crippen LogP contribution in [0, 0.1) is 11.7 Å². The summed E-state index contributed by atoms with van der Waals surface area (Å²) in [6.45, 7) is 3.63. The minimum Gasteiger partial charge on any atom is -0.488 e. The Morgan fingerprint density at radius 1 is 1.44 bits per heavy atom. The number of aliphatic carboxylic acids is 1. The molecule has 1 saturated carbocycles. The second kappa shape index (κ2) is 4.96. The second-order valence-electron chi connectivity index (χ2n) is 5.01. The number of benzene rings is 1. The van der Waals surface area contributed by atoms with Crippen molar-refractivity contribution in [2.45, 2.75) is 38.7 Å². The maximum absolute atomic E-state index is 13.8. The first-order valence-corrected chi connectivity index (χ1v) is 6.18. The van der Waals surface area contributed by atoms with Crippen LogP contribution in [0.25, 0.3) is 0 Å². The van der Waals surface area contributed by atoms with Crippen molar-refractivity contribution in [3.8, 4) is 5.75 Å². The lowest BCUT2D eigenvalue weighted by Gasteiger charge is -2.14. The van der Waals surface area contributed by atoms with Gasteiger partial charge >= 0.3 is 5.97 Å². The molecule has 3 nitrogen and oxygen atoms in total. The molecule has 1 atom stereocenters. The van der Waals surface area contributed by atoms with Crippen LogP contribution >= 0.6 is 0 Å². The predicted molar refractivity (Wildman–Crippen MR) is 65.3 cm³/mol. The van der Waals surface area contributed by atoms with Crippen molar-refractivity contribution < 1.29 is 19.0 Å². The molecule has 0 radical (unpaired) electrons. The summed E-state index contributed by atoms with van der Waals surface area (Å²) in [7, 11) is 0. The Morgan fingerprint density at radius 2 is 2.11 bits per heavy atom. The Morgan fingerprint density at radius 3 is 2.56 bits per heavy atom. The van der Waals surface area contributed by atoms with E-state index >= 15 is 0 Å². The standard InChI is InChI=1S/C14H17FO3/c1-8(2)18-12-6-5-10(7-11(12)15)13(14(16)17)9-3-4-9/h5-9,13H,3-4H2,1-2H3,(H,16,17). The monoisotopic (exact) mass is 252 g/mol. The van der Waals surface area contributed by atoms with Crippen LogP contribution in [-0.2, 0) is 4.79 Å². The van der Waals surface area contributed by atoms with Crippen LogP contribution in [0.1, 0.15) is 38.2 Å². The van der Waals surface area contributed by atoms with Gasteiger partial charge < -0.3 is 9.84 Å². The van der Waals surface area contributed by atoms with Crippen LogP contribution in [0.15, 0.2) is 18.2 Å². The predicted octanol–water partition coefficient (Wildman–Crippen LogP) is 3.19. The lowest BCUT2D eigenvalue weighted by atomic mass is 9.94. The average molecular weight is 252 g/mol. The van der Waals surface area contributed by atoms with Gasteiger partial charge in [-0.15, -0.1) is 0 Å². The van der Waals surface area contributed by atoms with Gasteiger partial charge in [-0.3, -0.25) is 4.79 Å². The highest BCUT2D eigenvalue weighted by Gasteiger charge is 2.37. The number of carboxylic acid groups (broad SMARTS) is 1. The summed E-state index contributed by atoms with van der Waals surface area (Å²) in [5.41, 5.74) is 0.526. The molecule has 1 N–H and O–H groups in total. The molecular weight excluding hydrogens is 235 g/mol. The molecule has 0 heterocycles. The molecule has 0 spiro atoms. The van der Waals surface area contributed by atoms with Crippen LogP contribution in [0.2, 0.25) is 0 Å². The smallest absolute Gasteiger partial charge is 0.311 e. The van der Waals surface area contributed by atoms with Gasteiger partial charge in [-0.1, -0.05) is 6.07 Å². The van der Waals surface area contributed by atoms with Gasteiger partial charge in [-0.25, -0.2) is 4.39 Å². The van der Waals surface area contributed by atoms with Gasteiger partial charge in [0.1, 0.15) is 0 Å². The lowest BCUT2D eigenvalue weighted by Crippen LogP contribution is -2.14. The third-order valence-corrected chi connectivity index (χ3v) is 3.04. The summed E-state index contributed by atoms with van der Waals surface area (Å²) in [6, 6.07) is 4.45. The molecular formula is C14H17FO3. The fourth-order valence-corrected chi connectivity index (χ4v) is 2.11. The topological polar surface area (TPSA) is 46.5 Å². The summed E-state index contributed by atoms with van der Waals surface area (Å²) < 4.78 is 19.1. The fraction of sp³-hybridized carbons (Fsp3) is 0.500. The van der Waals surface area contributed by atoms with Crippen LogP contribution < -0.4 is 4.74 Å². The Kier molecular flexibility index (Phi) is 3.55. The third kappa shape index (κ3) is 2.81. The Bertz CT molecular complexity index is 452. The van der Waals surface area contributed by atoms with Crippen LogP contribution in [0.3, 0.4) is 0 Å². The maximum Gasteiger partial charge on any atom is 0.311 e. The van der Waals surface area contributed by atoms with Crippen LogP contribution in [-0.4, -0.2) is 17.2 Å². The van der Waals surface area contributed by atoms with Crippen molar-refractivity contribution in [1.29, 1.82) is 0 Å². The van der Waals surface area contributed by atoms with Crippen molar-refractivity contribution in [2.24, 2.45) is 5.92 Å². The van der Waals surface area contributed by atoms with Gasteiger partial charge in [0.2, 0.25) is 0 Å². The molecule has 0 aromatic heterocycles. The molecule has 0 bridgehead atoms. The first-order chi connectivity index (χ1) is 8.49. The van der Waals surface area contributed by atoms with Crippen molar-refractivity contribution in [3.05, 3.63) is 29.6 Å². The first kappa shape index (κ1) is 12.9. The fourth-order valence-electron chi connectivity index (χ4n) is 2.11. The van der Waals surface area contributed by atoms with Gasteiger partial charge in [0.25, 0.3) is 0 Å². The number of hydrogen-bond donors (Lipinski definition) is 1. The molecule has 1 fully saturated rings. The van der Waals surface area contributed by atoms with Gasteiger partial charge in [0.05, 0.1) is 12.0 Å². The van der Waals surface area contributed by atoms with E-state index in [0.717, 1.165) is 12.8 Å². The van der Waals surface area contributed by atoms with Gasteiger partial charge in [0, 0.05) is 0 Å². The molecule has 4 heteroatoms. The van der Waals surface area contributed by atoms with Gasteiger partial charge in [-0.05, 0) is 50.3 Å². The molecule has 0 amide bonds. The largest absolute Gasteiger partial charge is 0.488 e. The SMILES string of the molecule is CC(C)Oc1ccc(C(C(=O)O)C2CC2)cc1F. The van der Waals surface area contributed by atoms with E-state index in [1.807, 2.05) is 13.8 Å². The lowest BCUT2D eigenvalue weighted by molar-refractivity contribution is -0.139. The quantitative estimate of drug-likeness (QED) is 0.875. The molecule has 1 aliphatic rings. The minimum absolute atomic E-state index is 0.107. The highest BCUT2D eigenvalue weighted by molar-refractivity contribution is 5.77. The van der Waals surface area contributed by atoms with Crippen molar-refractivity contribution in [2.75, 3.05) is 0 Å². The number of rotatable bonds is 5. The van der Waals surface area contributed by atoms with E-state index in [-0.39, 0.29) is 17.8 Å². The molecule has 18 heavy (non-hydrogen) atoms. The highest BCUT2D eigenvalue weighted by atomic mass is 19.1. The maximum atomic E-state index is 13.8. The zero-order valence-electron chi connectivity index (χ0n) is 10.5. The molecule has 1 aromatic carbocycles. The van der Waals surface area contributed by atoms with Crippen molar-refractivity contribution in [1.82, 2.24) is 0 Å². The second-order valence-corrected chi connectivity index (χ2v) is 5.01. The molecule has 0 aliphatic heterocycles. The molecule has 98 valence electrons. The summed E-state index contributed by atoms with van der Waals surface area (Å²) in [5, 5.41) is 9.19. The minimum atomic E-state index is -0.880. The molecule has 2 rings (SSSR count). The zero-order chi connectivity index (χ0) is 13.3. The highest BCUT2D eigenvalue weighted by Crippen LogP contribution is 2.43. The van der Waals surface area contributed by atoms with Crippen molar-refractivity contribution in [3.63, 3.8) is 0 Å². The van der Waals surface area contributed by atoms with E-state index in [0.29, 0.717) is 5.56 Å². The van der Waals surface area contributed by atoms with E-state index in [4.69, 9.17) is 4.74 Å². The summed E-state index contributed by atoms with van der Waals surface area (Å²) in [5.74, 6) is -1.64.